The lowest BCUT2D eigenvalue weighted by molar-refractivity contribution is -0.116. The van der Waals surface area contributed by atoms with Gasteiger partial charge in [0.05, 0.1) is 24.0 Å². The maximum Gasteiger partial charge on any atom is 0.259 e. The fraction of sp³-hybridized carbons (Fsp3) is 0.222. The number of carbonyl (C=O) groups is 2. The second-order valence-corrected chi connectivity index (χ2v) is 10.7. The molecule has 2 aliphatic rings. The Morgan fingerprint density at radius 2 is 1.51 bits per heavy atom. The number of ketones is 1. The van der Waals surface area contributed by atoms with Gasteiger partial charge in [-0.25, -0.2) is 0 Å². The summed E-state index contributed by atoms with van der Waals surface area (Å²) in [5.74, 6) is 0.747. The van der Waals surface area contributed by atoms with Crippen molar-refractivity contribution in [2.45, 2.75) is 44.6 Å². The molecule has 0 saturated heterocycles. The average Bonchev–Trinajstić information content (AvgIpc) is 3.17. The van der Waals surface area contributed by atoms with Crippen molar-refractivity contribution in [2.75, 3.05) is 16.8 Å². The molecule has 1 heterocycles. The van der Waals surface area contributed by atoms with E-state index in [1.807, 2.05) is 97.1 Å². The Labute approximate surface area is 241 Å². The molecule has 5 heteroatoms. The van der Waals surface area contributed by atoms with Crippen LogP contribution < -0.4 is 15.0 Å². The zero-order chi connectivity index (χ0) is 28.2. The van der Waals surface area contributed by atoms with Crippen molar-refractivity contribution in [3.05, 3.63) is 137 Å². The number of fused-ring (bicyclic) bond motifs is 1. The van der Waals surface area contributed by atoms with Gasteiger partial charge in [0.25, 0.3) is 5.91 Å². The number of nitrogens with one attached hydrogen (secondary N) is 1. The number of amides is 1. The van der Waals surface area contributed by atoms with E-state index in [9.17, 15) is 9.59 Å². The van der Waals surface area contributed by atoms with E-state index >= 15 is 0 Å². The third-order valence-corrected chi connectivity index (χ3v) is 7.96. The number of carbonyl (C=O) groups excluding carboxylic acids is 2. The lowest BCUT2D eigenvalue weighted by Gasteiger charge is -2.35. The van der Waals surface area contributed by atoms with Gasteiger partial charge in [-0.05, 0) is 66.3 Å². The van der Waals surface area contributed by atoms with Crippen LogP contribution >= 0.6 is 0 Å². The van der Waals surface area contributed by atoms with Crippen LogP contribution in [-0.4, -0.2) is 18.3 Å². The van der Waals surface area contributed by atoms with Gasteiger partial charge in [-0.2, -0.15) is 0 Å². The van der Waals surface area contributed by atoms with Crippen molar-refractivity contribution in [3.63, 3.8) is 0 Å². The molecule has 1 aliphatic heterocycles. The Morgan fingerprint density at radius 3 is 2.24 bits per heavy atom. The Balaban J connectivity index is 1.50. The molecular weight excluding hydrogens is 508 g/mol. The SMILES string of the molecule is CCCCOc1ccc(C2C3=C(CC(c4ccccc4)CC3=O)Nc3ccccc3N2C(=O)c2ccccc2)cc1. The molecule has 2 unspecified atom stereocenters. The van der Waals surface area contributed by atoms with Gasteiger partial charge in [0.2, 0.25) is 0 Å². The molecule has 0 saturated carbocycles. The van der Waals surface area contributed by atoms with Gasteiger partial charge in [-0.1, -0.05) is 86.1 Å². The van der Waals surface area contributed by atoms with E-state index in [0.717, 1.165) is 46.8 Å². The molecule has 5 nitrogen and oxygen atoms in total. The summed E-state index contributed by atoms with van der Waals surface area (Å²) in [4.78, 5) is 30.3. The topological polar surface area (TPSA) is 58.6 Å². The first-order valence-corrected chi connectivity index (χ1v) is 14.4. The van der Waals surface area contributed by atoms with Crippen molar-refractivity contribution in [2.24, 2.45) is 0 Å². The van der Waals surface area contributed by atoms with Crippen LogP contribution in [-0.2, 0) is 4.79 Å². The summed E-state index contributed by atoms with van der Waals surface area (Å²) in [5, 5.41) is 3.61. The maximum atomic E-state index is 14.3. The summed E-state index contributed by atoms with van der Waals surface area (Å²) in [5.41, 5.74) is 5.67. The normalized spacial score (nSPS) is 18.2. The number of allylic oxidation sites excluding steroid dienone is 1. The Kier molecular flexibility index (Phi) is 7.68. The van der Waals surface area contributed by atoms with Gasteiger partial charge < -0.3 is 10.1 Å². The first-order chi connectivity index (χ1) is 20.1. The fourth-order valence-corrected chi connectivity index (χ4v) is 5.89. The lowest BCUT2D eigenvalue weighted by atomic mass is 9.78. The minimum Gasteiger partial charge on any atom is -0.494 e. The first kappa shape index (κ1) is 26.6. The van der Waals surface area contributed by atoms with Gasteiger partial charge in [-0.3, -0.25) is 14.5 Å². The molecule has 6 rings (SSSR count). The number of benzene rings is 4. The van der Waals surface area contributed by atoms with Crippen LogP contribution in [0.3, 0.4) is 0 Å². The van der Waals surface area contributed by atoms with E-state index in [1.165, 1.54) is 0 Å². The molecule has 1 aliphatic carbocycles. The lowest BCUT2D eigenvalue weighted by Crippen LogP contribution is -2.38. The maximum absolute atomic E-state index is 14.3. The molecule has 0 radical (unpaired) electrons. The van der Waals surface area contributed by atoms with Crippen molar-refractivity contribution in [1.29, 1.82) is 0 Å². The third-order valence-electron chi connectivity index (χ3n) is 7.96. The number of Topliss-reactive ketones (excluding diaryl/α,β-unsaturated/α-hetero) is 1. The molecule has 0 fully saturated rings. The molecule has 0 aromatic heterocycles. The van der Waals surface area contributed by atoms with E-state index in [1.54, 1.807) is 4.90 Å². The average molecular weight is 543 g/mol. The quantitative estimate of drug-likeness (QED) is 0.240. The van der Waals surface area contributed by atoms with Crippen LogP contribution in [0.25, 0.3) is 0 Å². The number of para-hydroxylation sites is 2. The number of anilines is 2. The molecule has 1 N–H and O–H groups in total. The highest BCUT2D eigenvalue weighted by atomic mass is 16.5. The zero-order valence-corrected chi connectivity index (χ0v) is 23.3. The van der Waals surface area contributed by atoms with Crippen LogP contribution in [0, 0.1) is 0 Å². The summed E-state index contributed by atoms with van der Waals surface area (Å²) in [7, 11) is 0. The smallest absolute Gasteiger partial charge is 0.259 e. The van der Waals surface area contributed by atoms with Gasteiger partial charge in [0, 0.05) is 23.3 Å². The van der Waals surface area contributed by atoms with Crippen molar-refractivity contribution < 1.29 is 14.3 Å². The van der Waals surface area contributed by atoms with E-state index in [0.29, 0.717) is 30.6 Å². The molecule has 0 bridgehead atoms. The fourth-order valence-electron chi connectivity index (χ4n) is 5.89. The predicted octanol–water partition coefficient (Wildman–Crippen LogP) is 8.08. The Hall–Kier alpha value is -4.64. The number of nitrogens with zero attached hydrogens (tertiary/aromatic N) is 1. The standard InChI is InChI=1S/C36H34N2O3/c1-2-3-22-41-29-20-18-26(19-21-29)35-34-31(23-28(24-33(34)39)25-12-6-4-7-13-25)37-30-16-10-11-17-32(30)38(35)36(40)27-14-8-5-9-15-27/h4-21,28,35,37H,2-3,22-24H2,1H3. The van der Waals surface area contributed by atoms with Crippen molar-refractivity contribution in [1.82, 2.24) is 0 Å². The predicted molar refractivity (Wildman–Crippen MR) is 163 cm³/mol. The first-order valence-electron chi connectivity index (χ1n) is 14.4. The molecule has 1 amide bonds. The van der Waals surface area contributed by atoms with Crippen LogP contribution in [0.5, 0.6) is 5.75 Å². The number of ether oxygens (including phenoxy) is 1. The van der Waals surface area contributed by atoms with Gasteiger partial charge in [0.1, 0.15) is 5.75 Å². The van der Waals surface area contributed by atoms with Crippen LogP contribution in [0.1, 0.15) is 66.1 Å². The van der Waals surface area contributed by atoms with Gasteiger partial charge >= 0.3 is 0 Å². The largest absolute Gasteiger partial charge is 0.494 e. The minimum absolute atomic E-state index is 0.0551. The highest BCUT2D eigenvalue weighted by molar-refractivity contribution is 6.12. The van der Waals surface area contributed by atoms with Crippen LogP contribution in [0.15, 0.2) is 120 Å². The van der Waals surface area contributed by atoms with Gasteiger partial charge in [0.15, 0.2) is 5.78 Å². The number of unbranched alkanes of at least 4 members (excludes halogenated alkanes) is 1. The number of hydrogen-bond donors (Lipinski definition) is 1. The van der Waals surface area contributed by atoms with Crippen molar-refractivity contribution in [3.8, 4) is 5.75 Å². The molecule has 2 atom stereocenters. The second kappa shape index (κ2) is 11.8. The van der Waals surface area contributed by atoms with Gasteiger partial charge in [-0.15, -0.1) is 0 Å². The van der Waals surface area contributed by atoms with Crippen LogP contribution in [0.2, 0.25) is 0 Å². The number of hydrogen-bond acceptors (Lipinski definition) is 4. The van der Waals surface area contributed by atoms with Crippen LogP contribution in [0.4, 0.5) is 11.4 Å². The number of rotatable bonds is 7. The second-order valence-electron chi connectivity index (χ2n) is 10.7. The Bertz CT molecular complexity index is 1560. The molecule has 41 heavy (non-hydrogen) atoms. The summed E-state index contributed by atoms with van der Waals surface area (Å²) >= 11 is 0. The molecule has 206 valence electrons. The summed E-state index contributed by atoms with van der Waals surface area (Å²) in [6, 6.07) is 34.6. The molecule has 4 aromatic carbocycles. The monoisotopic (exact) mass is 542 g/mol. The summed E-state index contributed by atoms with van der Waals surface area (Å²) in [6.07, 6.45) is 3.12. The molecular formula is C36H34N2O3. The third kappa shape index (κ3) is 5.40. The Morgan fingerprint density at radius 1 is 0.829 bits per heavy atom. The van der Waals surface area contributed by atoms with E-state index in [2.05, 4.69) is 24.4 Å². The highest BCUT2D eigenvalue weighted by Crippen LogP contribution is 2.48. The van der Waals surface area contributed by atoms with E-state index in [-0.39, 0.29) is 17.6 Å². The van der Waals surface area contributed by atoms with E-state index < -0.39 is 6.04 Å². The van der Waals surface area contributed by atoms with Crippen molar-refractivity contribution >= 4 is 23.1 Å². The molecule has 0 spiro atoms. The zero-order valence-electron chi connectivity index (χ0n) is 23.3. The summed E-state index contributed by atoms with van der Waals surface area (Å²) < 4.78 is 5.93. The van der Waals surface area contributed by atoms with E-state index in [4.69, 9.17) is 4.74 Å². The molecule has 4 aromatic rings. The highest BCUT2D eigenvalue weighted by Gasteiger charge is 2.41. The minimum atomic E-state index is -0.595. The summed E-state index contributed by atoms with van der Waals surface area (Å²) in [6.45, 7) is 2.79.